The number of carbonyl (C=O) groups excluding carboxylic acids is 1. The van der Waals surface area contributed by atoms with Crippen molar-refractivity contribution in [1.82, 2.24) is 20.2 Å². The van der Waals surface area contributed by atoms with Crippen LogP contribution in [0.25, 0.3) is 16.9 Å². The van der Waals surface area contributed by atoms with Gasteiger partial charge in [0.25, 0.3) is 5.91 Å². The maximum atomic E-state index is 13.2. The van der Waals surface area contributed by atoms with Crippen LogP contribution in [0.15, 0.2) is 42.5 Å². The van der Waals surface area contributed by atoms with Crippen molar-refractivity contribution < 1.29 is 4.79 Å². The predicted octanol–water partition coefficient (Wildman–Crippen LogP) is 5.57. The van der Waals surface area contributed by atoms with E-state index in [1.54, 1.807) is 22.9 Å². The molecule has 1 amide bonds. The highest BCUT2D eigenvalue weighted by molar-refractivity contribution is 7.80. The molecule has 2 heterocycles. The molecule has 8 heteroatoms. The quantitative estimate of drug-likeness (QED) is 0.365. The smallest absolute Gasteiger partial charge is 0.283 e. The van der Waals surface area contributed by atoms with E-state index in [1.165, 1.54) is 6.42 Å². The number of halogens is 2. The summed E-state index contributed by atoms with van der Waals surface area (Å²) in [6.45, 7) is 3.59. The summed E-state index contributed by atoms with van der Waals surface area (Å²) in [5, 5.41) is 7.64. The third kappa shape index (κ3) is 5.39. The van der Waals surface area contributed by atoms with Gasteiger partial charge < -0.3 is 0 Å². The van der Waals surface area contributed by atoms with Crippen molar-refractivity contribution in [2.75, 3.05) is 18.8 Å². The normalized spacial score (nSPS) is 13.9. The van der Waals surface area contributed by atoms with Crippen molar-refractivity contribution in [3.8, 4) is 28.8 Å². The van der Waals surface area contributed by atoms with Gasteiger partial charge in [-0.1, -0.05) is 53.6 Å². The molecule has 0 saturated carbocycles. The van der Waals surface area contributed by atoms with Crippen LogP contribution in [0.1, 0.15) is 40.9 Å². The number of carbonyl (C=O) groups is 1. The molecule has 0 spiro atoms. The topological polar surface area (TPSA) is 50.2 Å². The minimum absolute atomic E-state index is 0.226. The predicted molar refractivity (Wildman–Crippen MR) is 137 cm³/mol. The number of hydrazine groups is 1. The fourth-order valence-corrected chi connectivity index (χ4v) is 4.50. The summed E-state index contributed by atoms with van der Waals surface area (Å²) in [6.07, 6.45) is 3.33. The van der Waals surface area contributed by atoms with Gasteiger partial charge in [0.2, 0.25) is 0 Å². The Kier molecular flexibility index (Phi) is 7.67. The van der Waals surface area contributed by atoms with Gasteiger partial charge in [-0.05, 0) is 50.1 Å². The molecule has 1 saturated heterocycles. The molecular weight excluding hydrogens is 475 g/mol. The van der Waals surface area contributed by atoms with Crippen molar-refractivity contribution in [3.63, 3.8) is 0 Å². The van der Waals surface area contributed by atoms with Gasteiger partial charge in [-0.2, -0.15) is 17.7 Å². The molecule has 4 rings (SSSR count). The lowest BCUT2D eigenvalue weighted by Crippen LogP contribution is -2.45. The van der Waals surface area contributed by atoms with Crippen molar-refractivity contribution >= 4 is 41.7 Å². The monoisotopic (exact) mass is 498 g/mol. The average molecular weight is 499 g/mol. The molecule has 0 radical (unpaired) electrons. The fourth-order valence-electron chi connectivity index (χ4n) is 3.93. The molecular formula is C25H24Cl2N4OS. The van der Waals surface area contributed by atoms with Crippen LogP contribution in [0.2, 0.25) is 10.0 Å². The number of amides is 1. The van der Waals surface area contributed by atoms with Gasteiger partial charge in [0.15, 0.2) is 5.69 Å². The number of nitrogens with zero attached hydrogens (tertiary/aromatic N) is 3. The number of hydrogen-bond acceptors (Lipinski definition) is 4. The maximum Gasteiger partial charge on any atom is 0.286 e. The van der Waals surface area contributed by atoms with E-state index in [-0.39, 0.29) is 5.91 Å². The van der Waals surface area contributed by atoms with E-state index in [2.05, 4.69) is 29.9 Å². The molecule has 33 heavy (non-hydrogen) atoms. The Hall–Kier alpha value is -2.43. The van der Waals surface area contributed by atoms with Crippen molar-refractivity contribution in [3.05, 3.63) is 69.3 Å². The Balaban J connectivity index is 1.78. The van der Waals surface area contributed by atoms with Crippen LogP contribution in [0.3, 0.4) is 0 Å². The first-order valence-corrected chi connectivity index (χ1v) is 12.2. The van der Waals surface area contributed by atoms with Gasteiger partial charge in [0.05, 0.1) is 22.2 Å². The molecule has 5 nitrogen and oxygen atoms in total. The molecule has 1 aromatic heterocycles. The number of piperidine rings is 1. The standard InChI is InChI=1S/C25H24Cl2N4OS/c1-17-23(25(32)29-30-13-3-2-4-14-30)28-31(22-12-11-20(26)16-21(22)27)24(17)19-9-7-18(8-10-19)6-5-15-33/h7-12,16,33H,2-4,13-15H2,1H3,(H,29,32). The first-order chi connectivity index (χ1) is 16.0. The average Bonchev–Trinajstić information content (AvgIpc) is 3.15. The second-order valence-electron chi connectivity index (χ2n) is 7.86. The highest BCUT2D eigenvalue weighted by Gasteiger charge is 2.24. The lowest BCUT2D eigenvalue weighted by Gasteiger charge is -2.26. The molecule has 1 N–H and O–H groups in total. The number of nitrogens with one attached hydrogen (secondary N) is 1. The Morgan fingerprint density at radius 1 is 1.12 bits per heavy atom. The highest BCUT2D eigenvalue weighted by atomic mass is 35.5. The van der Waals surface area contributed by atoms with E-state index in [0.29, 0.717) is 27.2 Å². The van der Waals surface area contributed by atoms with Crippen LogP contribution in [0.5, 0.6) is 0 Å². The summed E-state index contributed by atoms with van der Waals surface area (Å²) in [5.41, 5.74) is 7.38. The molecule has 0 aliphatic carbocycles. The minimum Gasteiger partial charge on any atom is -0.283 e. The summed E-state index contributed by atoms with van der Waals surface area (Å²) in [4.78, 5) is 13.2. The summed E-state index contributed by atoms with van der Waals surface area (Å²) >= 11 is 16.8. The summed E-state index contributed by atoms with van der Waals surface area (Å²) in [6, 6.07) is 13.1. The van der Waals surface area contributed by atoms with Crippen molar-refractivity contribution in [1.29, 1.82) is 0 Å². The Bertz CT molecular complexity index is 1220. The van der Waals surface area contributed by atoms with Gasteiger partial charge in [-0.3, -0.25) is 10.2 Å². The lowest BCUT2D eigenvalue weighted by molar-refractivity contribution is 0.0743. The Morgan fingerprint density at radius 3 is 2.52 bits per heavy atom. The molecule has 1 fully saturated rings. The van der Waals surface area contributed by atoms with E-state index >= 15 is 0 Å². The zero-order valence-corrected chi connectivity index (χ0v) is 20.6. The second kappa shape index (κ2) is 10.7. The second-order valence-corrected chi connectivity index (χ2v) is 9.02. The van der Waals surface area contributed by atoms with Gasteiger partial charge in [-0.15, -0.1) is 0 Å². The van der Waals surface area contributed by atoms with Crippen LogP contribution in [0.4, 0.5) is 0 Å². The molecule has 0 unspecified atom stereocenters. The summed E-state index contributed by atoms with van der Waals surface area (Å²) in [5.74, 6) is 6.29. The SMILES string of the molecule is Cc1c(C(=O)NN2CCCCC2)nn(-c2ccc(Cl)cc2Cl)c1-c1ccc(C#CCS)cc1. The van der Waals surface area contributed by atoms with E-state index < -0.39 is 0 Å². The fraction of sp³-hybridized carbons (Fsp3) is 0.280. The first-order valence-electron chi connectivity index (χ1n) is 10.8. The van der Waals surface area contributed by atoms with Gasteiger partial charge in [0.1, 0.15) is 0 Å². The van der Waals surface area contributed by atoms with Gasteiger partial charge >= 0.3 is 0 Å². The largest absolute Gasteiger partial charge is 0.286 e. The molecule has 1 aliphatic rings. The number of benzene rings is 2. The molecule has 2 aromatic carbocycles. The van der Waals surface area contributed by atoms with Crippen LogP contribution in [-0.4, -0.2) is 39.5 Å². The van der Waals surface area contributed by atoms with Gasteiger partial charge in [-0.25, -0.2) is 9.69 Å². The van der Waals surface area contributed by atoms with Crippen LogP contribution in [-0.2, 0) is 0 Å². The molecule has 3 aromatic rings. The summed E-state index contributed by atoms with van der Waals surface area (Å²) in [7, 11) is 0. The zero-order valence-electron chi connectivity index (χ0n) is 18.2. The van der Waals surface area contributed by atoms with Crippen molar-refractivity contribution in [2.45, 2.75) is 26.2 Å². The number of aromatic nitrogens is 2. The number of thiol groups is 1. The van der Waals surface area contributed by atoms with Crippen LogP contribution in [0, 0.1) is 18.8 Å². The molecule has 170 valence electrons. The Morgan fingerprint density at radius 2 is 1.85 bits per heavy atom. The van der Waals surface area contributed by atoms with Crippen molar-refractivity contribution in [2.24, 2.45) is 0 Å². The van der Waals surface area contributed by atoms with Crippen LogP contribution >= 0.6 is 35.8 Å². The van der Waals surface area contributed by atoms with Crippen LogP contribution < -0.4 is 5.43 Å². The van der Waals surface area contributed by atoms with E-state index in [0.717, 1.165) is 48.3 Å². The van der Waals surface area contributed by atoms with Gasteiger partial charge in [0, 0.05) is 34.8 Å². The highest BCUT2D eigenvalue weighted by Crippen LogP contribution is 2.33. The molecule has 0 atom stereocenters. The lowest BCUT2D eigenvalue weighted by atomic mass is 10.0. The molecule has 0 bridgehead atoms. The van der Waals surface area contributed by atoms with E-state index in [1.807, 2.05) is 36.2 Å². The number of rotatable bonds is 4. The first kappa shape index (κ1) is 23.7. The zero-order chi connectivity index (χ0) is 23.4. The summed E-state index contributed by atoms with van der Waals surface area (Å²) < 4.78 is 1.72. The number of hydrogen-bond donors (Lipinski definition) is 2. The minimum atomic E-state index is -0.226. The van der Waals surface area contributed by atoms with E-state index in [9.17, 15) is 4.79 Å². The third-order valence-corrected chi connectivity index (χ3v) is 6.26. The Labute approximate surface area is 209 Å². The maximum absolute atomic E-state index is 13.2. The van der Waals surface area contributed by atoms with E-state index in [4.69, 9.17) is 28.3 Å². The third-order valence-electron chi connectivity index (χ3n) is 5.56. The molecule has 1 aliphatic heterocycles.